The first-order valence-electron chi connectivity index (χ1n) is 5.52. The van der Waals surface area contributed by atoms with E-state index >= 15 is 0 Å². The van der Waals surface area contributed by atoms with E-state index in [-0.39, 0.29) is 0 Å². The fourth-order valence-electron chi connectivity index (χ4n) is 1.29. The first-order chi connectivity index (χ1) is 8.27. The first-order valence-corrected chi connectivity index (χ1v) is 6.50. The van der Waals surface area contributed by atoms with E-state index in [0.717, 1.165) is 10.6 Å². The minimum Gasteiger partial charge on any atom is -0.465 e. The van der Waals surface area contributed by atoms with E-state index in [4.69, 9.17) is 10.00 Å². The summed E-state index contributed by atoms with van der Waals surface area (Å²) in [5.41, 5.74) is 0. The zero-order chi connectivity index (χ0) is 12.5. The van der Waals surface area contributed by atoms with Gasteiger partial charge in [-0.2, -0.15) is 5.26 Å². The van der Waals surface area contributed by atoms with Gasteiger partial charge in [-0.25, -0.2) is 0 Å². The molecule has 1 aromatic rings. The van der Waals surface area contributed by atoms with Crippen LogP contribution in [0.5, 0.6) is 0 Å². The number of rotatable bonds is 6. The number of benzene rings is 1. The maximum absolute atomic E-state index is 11.4. The molecule has 0 saturated heterocycles. The first kappa shape index (κ1) is 13.6. The molecule has 1 atom stereocenters. The molecule has 1 rings (SSSR count). The Hall–Kier alpha value is -1.47. The predicted molar refractivity (Wildman–Crippen MR) is 67.5 cm³/mol. The molecule has 1 unspecified atom stereocenters. The summed E-state index contributed by atoms with van der Waals surface area (Å²) in [6.45, 7) is 2.06. The van der Waals surface area contributed by atoms with Gasteiger partial charge in [-0.3, -0.25) is 4.79 Å². The second-order valence-corrected chi connectivity index (χ2v) is 4.55. The van der Waals surface area contributed by atoms with Gasteiger partial charge in [0.2, 0.25) is 0 Å². The van der Waals surface area contributed by atoms with Gasteiger partial charge in [0.05, 0.1) is 12.7 Å². The van der Waals surface area contributed by atoms with Crippen LogP contribution in [0, 0.1) is 17.2 Å². The SMILES string of the molecule is CCOC(=O)C(C#N)CCSc1ccccc1. The summed E-state index contributed by atoms with van der Waals surface area (Å²) in [4.78, 5) is 12.5. The highest BCUT2D eigenvalue weighted by molar-refractivity contribution is 7.99. The molecule has 0 fully saturated rings. The van der Waals surface area contributed by atoms with Gasteiger partial charge in [0, 0.05) is 4.90 Å². The van der Waals surface area contributed by atoms with Crippen LogP contribution in [0.4, 0.5) is 0 Å². The molecule has 17 heavy (non-hydrogen) atoms. The molecule has 4 heteroatoms. The predicted octanol–water partition coefficient (Wildman–Crippen LogP) is 2.87. The van der Waals surface area contributed by atoms with Gasteiger partial charge < -0.3 is 4.74 Å². The molecular formula is C13H15NO2S. The van der Waals surface area contributed by atoms with Crippen molar-refractivity contribution in [1.82, 2.24) is 0 Å². The van der Waals surface area contributed by atoms with Crippen molar-refractivity contribution in [2.24, 2.45) is 5.92 Å². The van der Waals surface area contributed by atoms with Gasteiger partial charge in [-0.15, -0.1) is 11.8 Å². The highest BCUT2D eigenvalue weighted by atomic mass is 32.2. The largest absolute Gasteiger partial charge is 0.465 e. The maximum Gasteiger partial charge on any atom is 0.323 e. The molecule has 1 aromatic carbocycles. The van der Waals surface area contributed by atoms with Crippen LogP contribution in [0.25, 0.3) is 0 Å². The Bertz CT molecular complexity index is 386. The fourth-order valence-corrected chi connectivity index (χ4v) is 2.23. The third-order valence-corrected chi connectivity index (χ3v) is 3.19. The summed E-state index contributed by atoms with van der Waals surface area (Å²) < 4.78 is 4.83. The third kappa shape index (κ3) is 4.92. The van der Waals surface area contributed by atoms with Crippen LogP contribution in [-0.4, -0.2) is 18.3 Å². The van der Waals surface area contributed by atoms with Crippen LogP contribution in [0.3, 0.4) is 0 Å². The summed E-state index contributed by atoms with van der Waals surface area (Å²) in [5.74, 6) is -0.323. The monoisotopic (exact) mass is 249 g/mol. The normalized spacial score (nSPS) is 11.5. The Morgan fingerprint density at radius 1 is 1.47 bits per heavy atom. The number of ether oxygens (including phenoxy) is 1. The number of esters is 1. The van der Waals surface area contributed by atoms with Crippen LogP contribution in [0.15, 0.2) is 35.2 Å². The van der Waals surface area contributed by atoms with Gasteiger partial charge in [0.15, 0.2) is 0 Å². The number of thioether (sulfide) groups is 1. The van der Waals surface area contributed by atoms with Gasteiger partial charge >= 0.3 is 5.97 Å². The zero-order valence-corrected chi connectivity index (χ0v) is 10.6. The molecule has 0 aliphatic carbocycles. The number of carbonyl (C=O) groups excluding carboxylic acids is 1. The van der Waals surface area contributed by atoms with Crippen molar-refractivity contribution in [2.75, 3.05) is 12.4 Å². The van der Waals surface area contributed by atoms with Crippen molar-refractivity contribution in [1.29, 1.82) is 5.26 Å². The number of nitriles is 1. The van der Waals surface area contributed by atoms with Crippen LogP contribution in [-0.2, 0) is 9.53 Å². The molecular weight excluding hydrogens is 234 g/mol. The molecule has 0 spiro atoms. The van der Waals surface area contributed by atoms with Gasteiger partial charge in [-0.1, -0.05) is 18.2 Å². The molecule has 0 aliphatic rings. The van der Waals surface area contributed by atoms with E-state index in [1.807, 2.05) is 36.4 Å². The average Bonchev–Trinajstić information content (AvgIpc) is 2.36. The standard InChI is InChI=1S/C13H15NO2S/c1-2-16-13(15)11(10-14)8-9-17-12-6-4-3-5-7-12/h3-7,11H,2,8-9H2,1H3. The van der Waals surface area contributed by atoms with E-state index in [1.165, 1.54) is 0 Å². The van der Waals surface area contributed by atoms with Crippen LogP contribution >= 0.6 is 11.8 Å². The van der Waals surface area contributed by atoms with Crippen molar-refractivity contribution in [3.05, 3.63) is 30.3 Å². The molecule has 0 saturated carbocycles. The molecule has 0 amide bonds. The quantitative estimate of drug-likeness (QED) is 0.574. The Kier molecular flexibility index (Phi) is 6.19. The molecule has 0 bridgehead atoms. The number of hydrogen-bond acceptors (Lipinski definition) is 4. The average molecular weight is 249 g/mol. The van der Waals surface area contributed by atoms with Crippen molar-refractivity contribution in [3.8, 4) is 6.07 Å². The lowest BCUT2D eigenvalue weighted by molar-refractivity contribution is -0.146. The molecule has 0 aromatic heterocycles. The molecule has 0 N–H and O–H groups in total. The minimum absolute atomic E-state index is 0.322. The Morgan fingerprint density at radius 2 is 2.18 bits per heavy atom. The lowest BCUT2D eigenvalue weighted by Crippen LogP contribution is -2.16. The van der Waals surface area contributed by atoms with E-state index in [0.29, 0.717) is 13.0 Å². The zero-order valence-electron chi connectivity index (χ0n) is 9.76. The van der Waals surface area contributed by atoms with Crippen LogP contribution in [0.2, 0.25) is 0 Å². The Morgan fingerprint density at radius 3 is 2.76 bits per heavy atom. The van der Waals surface area contributed by atoms with Crippen LogP contribution < -0.4 is 0 Å². The lowest BCUT2D eigenvalue weighted by Gasteiger charge is -2.07. The third-order valence-electron chi connectivity index (χ3n) is 2.15. The summed E-state index contributed by atoms with van der Waals surface area (Å²) in [6.07, 6.45) is 0.523. The minimum atomic E-state index is -0.647. The van der Waals surface area contributed by atoms with Crippen molar-refractivity contribution < 1.29 is 9.53 Å². The summed E-state index contributed by atoms with van der Waals surface area (Å²) in [6, 6.07) is 11.9. The second-order valence-electron chi connectivity index (χ2n) is 3.38. The van der Waals surface area contributed by atoms with E-state index in [1.54, 1.807) is 18.7 Å². The van der Waals surface area contributed by atoms with Crippen molar-refractivity contribution >= 4 is 17.7 Å². The number of carbonyl (C=O) groups is 1. The van der Waals surface area contributed by atoms with E-state index in [9.17, 15) is 4.79 Å². The van der Waals surface area contributed by atoms with E-state index in [2.05, 4.69) is 0 Å². The lowest BCUT2D eigenvalue weighted by atomic mass is 10.1. The smallest absolute Gasteiger partial charge is 0.323 e. The Labute approximate surface area is 106 Å². The number of hydrogen-bond donors (Lipinski definition) is 0. The topological polar surface area (TPSA) is 50.1 Å². The summed E-state index contributed by atoms with van der Waals surface area (Å²) >= 11 is 1.64. The highest BCUT2D eigenvalue weighted by Gasteiger charge is 2.18. The fraction of sp³-hybridized carbons (Fsp3) is 0.385. The molecule has 90 valence electrons. The highest BCUT2D eigenvalue weighted by Crippen LogP contribution is 2.20. The van der Waals surface area contributed by atoms with Gasteiger partial charge in [0.25, 0.3) is 0 Å². The van der Waals surface area contributed by atoms with Crippen molar-refractivity contribution in [3.63, 3.8) is 0 Å². The molecule has 3 nitrogen and oxygen atoms in total. The molecule has 0 heterocycles. The molecule has 0 radical (unpaired) electrons. The summed E-state index contributed by atoms with van der Waals surface area (Å²) in [5, 5.41) is 8.86. The van der Waals surface area contributed by atoms with Crippen LogP contribution in [0.1, 0.15) is 13.3 Å². The second kappa shape index (κ2) is 7.75. The Balaban J connectivity index is 2.34. The van der Waals surface area contributed by atoms with Crippen molar-refractivity contribution in [2.45, 2.75) is 18.2 Å². The van der Waals surface area contributed by atoms with E-state index < -0.39 is 11.9 Å². The van der Waals surface area contributed by atoms with Gasteiger partial charge in [0.1, 0.15) is 5.92 Å². The number of nitrogens with zero attached hydrogens (tertiary/aromatic N) is 1. The molecule has 0 aliphatic heterocycles. The summed E-state index contributed by atoms with van der Waals surface area (Å²) in [7, 11) is 0. The van der Waals surface area contributed by atoms with Gasteiger partial charge in [-0.05, 0) is 31.2 Å². The maximum atomic E-state index is 11.4.